The van der Waals surface area contributed by atoms with Crippen molar-refractivity contribution in [2.45, 2.75) is 6.54 Å². The first kappa shape index (κ1) is 9.15. The number of nitrogens with zero attached hydrogens (tertiary/aromatic N) is 5. The molecule has 0 unspecified atom stereocenters. The van der Waals surface area contributed by atoms with Gasteiger partial charge in [0, 0.05) is 18.5 Å². The molecular weight excluding hydrogens is 192 g/mol. The summed E-state index contributed by atoms with van der Waals surface area (Å²) in [7, 11) is 0. The Bertz CT molecular complexity index is 495. The van der Waals surface area contributed by atoms with E-state index < -0.39 is 0 Å². The molecular formula is C9H8N6. The molecule has 74 valence electrons. The summed E-state index contributed by atoms with van der Waals surface area (Å²) in [5.41, 5.74) is 6.93. The third-order valence-corrected chi connectivity index (χ3v) is 1.86. The molecule has 2 aromatic rings. The maximum Gasteiger partial charge on any atom is 0.130 e. The molecule has 6 nitrogen and oxygen atoms in total. The predicted molar refractivity (Wildman–Crippen MR) is 53.3 cm³/mol. The Hall–Kier alpha value is -2.42. The molecule has 0 atom stereocenters. The Balaban J connectivity index is 2.40. The van der Waals surface area contributed by atoms with Crippen LogP contribution in [0.2, 0.25) is 0 Å². The predicted octanol–water partition coefficient (Wildman–Crippen LogP) is 0.446. The summed E-state index contributed by atoms with van der Waals surface area (Å²) >= 11 is 0. The Kier molecular flexibility index (Phi) is 2.29. The van der Waals surface area contributed by atoms with Gasteiger partial charge in [0.25, 0.3) is 0 Å². The minimum atomic E-state index is 0.131. The topological polar surface area (TPSA) is 93.4 Å². The quantitative estimate of drug-likeness (QED) is 0.759. The number of nitriles is 1. The molecule has 0 aliphatic heterocycles. The van der Waals surface area contributed by atoms with E-state index in [1.165, 1.54) is 4.68 Å². The number of rotatable bonds is 2. The van der Waals surface area contributed by atoms with E-state index in [9.17, 15) is 0 Å². The summed E-state index contributed by atoms with van der Waals surface area (Å²) in [5, 5.41) is 12.7. The molecule has 6 heteroatoms. The lowest BCUT2D eigenvalue weighted by Gasteiger charge is -1.94. The average molecular weight is 200 g/mol. The summed E-state index contributed by atoms with van der Waals surface area (Å²) in [6.07, 6.45) is 4.76. The maximum absolute atomic E-state index is 8.53. The van der Waals surface area contributed by atoms with E-state index in [1.54, 1.807) is 24.7 Å². The highest BCUT2D eigenvalue weighted by atomic mass is 15.3. The minimum absolute atomic E-state index is 0.131. The lowest BCUT2D eigenvalue weighted by atomic mass is 10.3. The third-order valence-electron chi connectivity index (χ3n) is 1.86. The number of nitrogens with two attached hydrogens (primary N) is 1. The second-order valence-corrected chi connectivity index (χ2v) is 2.86. The average Bonchev–Trinajstić information content (AvgIpc) is 2.63. The third kappa shape index (κ3) is 1.76. The molecule has 0 saturated carbocycles. The summed E-state index contributed by atoms with van der Waals surface area (Å²) < 4.78 is 1.42. The first-order chi connectivity index (χ1) is 7.31. The Labute approximate surface area is 86.0 Å². The molecule has 0 aliphatic carbocycles. The molecule has 0 saturated heterocycles. The number of nitrogen functional groups attached to an aromatic ring is 1. The summed E-state index contributed by atoms with van der Waals surface area (Å²) in [6.45, 7) is 0.131. The van der Waals surface area contributed by atoms with Crippen molar-refractivity contribution in [1.29, 1.82) is 5.26 Å². The summed E-state index contributed by atoms with van der Waals surface area (Å²) in [5.74, 6) is 0.442. The zero-order chi connectivity index (χ0) is 10.7. The van der Waals surface area contributed by atoms with E-state index in [2.05, 4.69) is 15.1 Å². The van der Waals surface area contributed by atoms with E-state index >= 15 is 0 Å². The molecule has 15 heavy (non-hydrogen) atoms. The van der Waals surface area contributed by atoms with Crippen molar-refractivity contribution >= 4 is 5.82 Å². The maximum atomic E-state index is 8.53. The number of aromatic nitrogens is 4. The van der Waals surface area contributed by atoms with Crippen LogP contribution >= 0.6 is 0 Å². The monoisotopic (exact) mass is 200 g/mol. The molecule has 2 rings (SSSR count). The van der Waals surface area contributed by atoms with E-state index in [1.807, 2.05) is 6.07 Å². The fourth-order valence-electron chi connectivity index (χ4n) is 1.18. The highest BCUT2D eigenvalue weighted by Crippen LogP contribution is 2.16. The second kappa shape index (κ2) is 3.75. The molecule has 2 N–H and O–H groups in total. The van der Waals surface area contributed by atoms with Crippen LogP contribution in [-0.4, -0.2) is 19.7 Å². The highest BCUT2D eigenvalue weighted by Gasteiger charge is 2.07. The van der Waals surface area contributed by atoms with E-state index in [4.69, 9.17) is 11.0 Å². The molecule has 0 spiro atoms. The van der Waals surface area contributed by atoms with E-state index in [0.29, 0.717) is 17.2 Å². The summed E-state index contributed by atoms with van der Waals surface area (Å²) in [4.78, 5) is 8.02. The first-order valence-corrected chi connectivity index (χ1v) is 4.28. The van der Waals surface area contributed by atoms with Crippen LogP contribution in [0.5, 0.6) is 0 Å². The smallest absolute Gasteiger partial charge is 0.130 e. The van der Waals surface area contributed by atoms with Crippen LogP contribution in [-0.2, 0) is 6.54 Å². The lowest BCUT2D eigenvalue weighted by molar-refractivity contribution is 0.722. The molecule has 0 fully saturated rings. The van der Waals surface area contributed by atoms with Crippen molar-refractivity contribution in [3.8, 4) is 17.5 Å². The van der Waals surface area contributed by atoms with Gasteiger partial charge in [-0.2, -0.15) is 10.4 Å². The van der Waals surface area contributed by atoms with Gasteiger partial charge in [-0.3, -0.25) is 9.97 Å². The van der Waals surface area contributed by atoms with Crippen molar-refractivity contribution in [2.75, 3.05) is 5.73 Å². The molecule has 0 aliphatic rings. The van der Waals surface area contributed by atoms with Crippen LogP contribution in [0.3, 0.4) is 0 Å². The number of hydrogen-bond donors (Lipinski definition) is 1. The van der Waals surface area contributed by atoms with Gasteiger partial charge in [0.2, 0.25) is 0 Å². The van der Waals surface area contributed by atoms with Crippen LogP contribution in [0, 0.1) is 11.3 Å². The van der Waals surface area contributed by atoms with Crippen molar-refractivity contribution in [1.82, 2.24) is 19.7 Å². The molecule has 2 heterocycles. The fourth-order valence-corrected chi connectivity index (χ4v) is 1.18. The van der Waals surface area contributed by atoms with Crippen LogP contribution in [0.1, 0.15) is 0 Å². The van der Waals surface area contributed by atoms with Gasteiger partial charge >= 0.3 is 0 Å². The molecule has 0 amide bonds. The molecule has 0 aromatic carbocycles. The normalized spacial score (nSPS) is 9.80. The zero-order valence-corrected chi connectivity index (χ0v) is 7.83. The second-order valence-electron chi connectivity index (χ2n) is 2.86. The van der Waals surface area contributed by atoms with Gasteiger partial charge in [-0.1, -0.05) is 0 Å². The van der Waals surface area contributed by atoms with Crippen molar-refractivity contribution in [2.24, 2.45) is 0 Å². The number of hydrogen-bond acceptors (Lipinski definition) is 5. The highest BCUT2D eigenvalue weighted by molar-refractivity contribution is 5.56. The van der Waals surface area contributed by atoms with Crippen molar-refractivity contribution in [3.63, 3.8) is 0 Å². The molecule has 2 aromatic heterocycles. The zero-order valence-electron chi connectivity index (χ0n) is 7.83. The van der Waals surface area contributed by atoms with E-state index in [-0.39, 0.29) is 6.54 Å². The van der Waals surface area contributed by atoms with Gasteiger partial charge in [-0.05, 0) is 0 Å². The van der Waals surface area contributed by atoms with Crippen LogP contribution in [0.25, 0.3) is 11.4 Å². The van der Waals surface area contributed by atoms with E-state index in [0.717, 1.165) is 0 Å². The van der Waals surface area contributed by atoms with Gasteiger partial charge in [0.15, 0.2) is 0 Å². The van der Waals surface area contributed by atoms with Crippen LogP contribution in [0.4, 0.5) is 5.82 Å². The van der Waals surface area contributed by atoms with Gasteiger partial charge in [0.05, 0.1) is 12.3 Å². The first-order valence-electron chi connectivity index (χ1n) is 4.28. The lowest BCUT2D eigenvalue weighted by Crippen LogP contribution is -2.02. The van der Waals surface area contributed by atoms with Gasteiger partial charge in [0.1, 0.15) is 23.8 Å². The number of anilines is 1. The molecule has 0 bridgehead atoms. The Morgan fingerprint density at radius 1 is 1.40 bits per heavy atom. The standard InChI is InChI=1S/C9H8N6/c10-1-4-15-9(11)5-7(14-15)8-6-12-2-3-13-8/h2-3,5-6H,4,11H2. The largest absolute Gasteiger partial charge is 0.384 e. The van der Waals surface area contributed by atoms with Crippen LogP contribution in [0.15, 0.2) is 24.7 Å². The molecule has 0 radical (unpaired) electrons. The van der Waals surface area contributed by atoms with Gasteiger partial charge in [-0.25, -0.2) is 4.68 Å². The van der Waals surface area contributed by atoms with Crippen molar-refractivity contribution < 1.29 is 0 Å². The fraction of sp³-hybridized carbons (Fsp3) is 0.111. The van der Waals surface area contributed by atoms with Gasteiger partial charge < -0.3 is 5.73 Å². The Morgan fingerprint density at radius 3 is 2.93 bits per heavy atom. The summed E-state index contributed by atoms with van der Waals surface area (Å²) in [6, 6.07) is 3.64. The van der Waals surface area contributed by atoms with Crippen molar-refractivity contribution in [3.05, 3.63) is 24.7 Å². The van der Waals surface area contributed by atoms with Gasteiger partial charge in [-0.15, -0.1) is 0 Å². The van der Waals surface area contributed by atoms with Crippen LogP contribution < -0.4 is 5.73 Å². The SMILES string of the molecule is N#CCn1nc(-c2cnccn2)cc1N. The Morgan fingerprint density at radius 2 is 2.27 bits per heavy atom. The minimum Gasteiger partial charge on any atom is -0.384 e.